The lowest BCUT2D eigenvalue weighted by Crippen LogP contribution is -2.44. The van der Waals surface area contributed by atoms with E-state index in [1.807, 2.05) is 30.3 Å². The van der Waals surface area contributed by atoms with Gasteiger partial charge in [0.15, 0.2) is 6.04 Å². The minimum absolute atomic E-state index is 0.253. The van der Waals surface area contributed by atoms with Gasteiger partial charge in [0.25, 0.3) is 5.91 Å². The molecule has 1 atom stereocenters. The van der Waals surface area contributed by atoms with E-state index in [1.165, 1.54) is 19.6 Å². The monoisotopic (exact) mass is 289 g/mol. The average Bonchev–Trinajstić information content (AvgIpc) is 3.02. The van der Waals surface area contributed by atoms with Crippen LogP contribution in [0.2, 0.25) is 0 Å². The van der Waals surface area contributed by atoms with Gasteiger partial charge in [0, 0.05) is 5.69 Å². The summed E-state index contributed by atoms with van der Waals surface area (Å²) in [5.41, 5.74) is 1.02. The van der Waals surface area contributed by atoms with Crippen LogP contribution in [0.3, 0.4) is 0 Å². The lowest BCUT2D eigenvalue weighted by atomic mass is 10.2. The Bertz CT molecular complexity index is 624. The van der Waals surface area contributed by atoms with Crippen molar-refractivity contribution in [2.45, 2.75) is 6.04 Å². The number of carbonyl (C=O) groups is 2. The number of nitrogens with one attached hydrogen (secondary N) is 1. The molecule has 2 aromatic rings. The van der Waals surface area contributed by atoms with Crippen molar-refractivity contribution in [2.75, 3.05) is 13.7 Å². The number of nitrogens with zero attached hydrogens (tertiary/aromatic N) is 2. The minimum atomic E-state index is -1.11. The average molecular weight is 289 g/mol. The summed E-state index contributed by atoms with van der Waals surface area (Å²) in [5, 5.41) is 11.5. The maximum absolute atomic E-state index is 12.2. The van der Waals surface area contributed by atoms with Gasteiger partial charge in [-0.1, -0.05) is 18.2 Å². The van der Waals surface area contributed by atoms with Crippen molar-refractivity contribution >= 4 is 11.9 Å². The van der Waals surface area contributed by atoms with Crippen LogP contribution in [0.4, 0.5) is 0 Å². The summed E-state index contributed by atoms with van der Waals surface area (Å²) in [4.78, 5) is 27.5. The van der Waals surface area contributed by atoms with Crippen LogP contribution in [0, 0.1) is 0 Å². The zero-order valence-corrected chi connectivity index (χ0v) is 11.4. The number of methoxy groups -OCH3 is 1. The summed E-state index contributed by atoms with van der Waals surface area (Å²) in [7, 11) is 1.19. The number of hydrogen-bond acceptors (Lipinski definition) is 5. The molecule has 7 heteroatoms. The molecule has 2 N–H and O–H groups in total. The molecule has 1 unspecified atom stereocenters. The third-order valence-electron chi connectivity index (χ3n) is 2.88. The highest BCUT2D eigenvalue weighted by Crippen LogP contribution is 2.10. The van der Waals surface area contributed by atoms with E-state index < -0.39 is 24.5 Å². The zero-order chi connectivity index (χ0) is 15.2. The van der Waals surface area contributed by atoms with E-state index in [9.17, 15) is 9.59 Å². The number of imidazole rings is 1. The summed E-state index contributed by atoms with van der Waals surface area (Å²) in [6.07, 6.45) is 2.88. The highest BCUT2D eigenvalue weighted by Gasteiger charge is 2.23. The van der Waals surface area contributed by atoms with Gasteiger partial charge in [-0.2, -0.15) is 0 Å². The van der Waals surface area contributed by atoms with Crippen molar-refractivity contribution in [3.05, 3.63) is 48.5 Å². The fourth-order valence-electron chi connectivity index (χ4n) is 1.81. The number of aromatic nitrogens is 2. The highest BCUT2D eigenvalue weighted by molar-refractivity contribution is 5.95. The lowest BCUT2D eigenvalue weighted by molar-refractivity contribution is -0.143. The Balaban J connectivity index is 2.21. The molecule has 0 fully saturated rings. The number of hydrogen-bond donors (Lipinski definition) is 2. The minimum Gasteiger partial charge on any atom is -0.467 e. The van der Waals surface area contributed by atoms with Crippen LogP contribution in [0.15, 0.2) is 42.9 Å². The van der Waals surface area contributed by atoms with Gasteiger partial charge in [0.05, 0.1) is 26.2 Å². The predicted octanol–water partition coefficient (Wildman–Crippen LogP) is 0.136. The first-order valence-electron chi connectivity index (χ1n) is 6.24. The normalized spacial score (nSPS) is 11.7. The second kappa shape index (κ2) is 6.67. The van der Waals surface area contributed by atoms with Crippen molar-refractivity contribution in [2.24, 2.45) is 0 Å². The number of aliphatic hydroxyl groups is 1. The molecule has 0 bridgehead atoms. The fourth-order valence-corrected chi connectivity index (χ4v) is 1.81. The predicted molar refractivity (Wildman–Crippen MR) is 73.9 cm³/mol. The van der Waals surface area contributed by atoms with Crippen LogP contribution in [-0.2, 0) is 9.53 Å². The van der Waals surface area contributed by atoms with Crippen LogP contribution in [0.5, 0.6) is 0 Å². The molecule has 0 aliphatic rings. The first-order chi connectivity index (χ1) is 10.2. The van der Waals surface area contributed by atoms with Crippen LogP contribution >= 0.6 is 0 Å². The Kier molecular flexibility index (Phi) is 4.68. The van der Waals surface area contributed by atoms with E-state index >= 15 is 0 Å². The van der Waals surface area contributed by atoms with Gasteiger partial charge in [-0.05, 0) is 12.1 Å². The standard InChI is InChI=1S/C14H15N3O4/c1-21-14(20)11(8-18)16-13(19)12-7-15-9-17(12)10-5-3-2-4-6-10/h2-7,9,11,18H,8H2,1H3,(H,16,19). The van der Waals surface area contributed by atoms with E-state index in [1.54, 1.807) is 4.57 Å². The van der Waals surface area contributed by atoms with Gasteiger partial charge >= 0.3 is 5.97 Å². The molecule has 0 radical (unpaired) electrons. The highest BCUT2D eigenvalue weighted by atomic mass is 16.5. The second-order valence-corrected chi connectivity index (χ2v) is 4.22. The zero-order valence-electron chi connectivity index (χ0n) is 11.4. The maximum atomic E-state index is 12.2. The summed E-state index contributed by atoms with van der Waals surface area (Å²) in [6, 6.07) is 8.06. The lowest BCUT2D eigenvalue weighted by Gasteiger charge is -2.14. The SMILES string of the molecule is COC(=O)C(CO)NC(=O)c1cncn1-c1ccccc1. The molecule has 110 valence electrons. The summed E-state index contributed by atoms with van der Waals surface area (Å²) < 4.78 is 6.08. The molecule has 0 aliphatic heterocycles. The summed E-state index contributed by atoms with van der Waals surface area (Å²) in [6.45, 7) is -0.544. The molecule has 1 amide bonds. The van der Waals surface area contributed by atoms with Gasteiger partial charge in [0.2, 0.25) is 0 Å². The quantitative estimate of drug-likeness (QED) is 0.763. The van der Waals surface area contributed by atoms with Crippen LogP contribution < -0.4 is 5.32 Å². The Morgan fingerprint density at radius 3 is 2.71 bits per heavy atom. The summed E-state index contributed by atoms with van der Waals surface area (Å²) in [5.74, 6) is -1.24. The topological polar surface area (TPSA) is 93.4 Å². The number of aliphatic hydroxyl groups excluding tert-OH is 1. The Morgan fingerprint density at radius 1 is 1.38 bits per heavy atom. The maximum Gasteiger partial charge on any atom is 0.330 e. The first kappa shape index (κ1) is 14.7. The van der Waals surface area contributed by atoms with E-state index in [0.29, 0.717) is 0 Å². The van der Waals surface area contributed by atoms with Crippen molar-refractivity contribution in [1.29, 1.82) is 0 Å². The first-order valence-corrected chi connectivity index (χ1v) is 6.24. The number of amides is 1. The van der Waals surface area contributed by atoms with Crippen LogP contribution in [-0.4, -0.2) is 46.3 Å². The number of carbonyl (C=O) groups excluding carboxylic acids is 2. The van der Waals surface area contributed by atoms with Gasteiger partial charge in [0.1, 0.15) is 5.69 Å². The molecule has 2 rings (SSSR count). The van der Waals surface area contributed by atoms with Gasteiger partial charge in [-0.3, -0.25) is 9.36 Å². The molecule has 0 spiro atoms. The van der Waals surface area contributed by atoms with Crippen molar-refractivity contribution < 1.29 is 19.4 Å². The molecule has 0 saturated heterocycles. The van der Waals surface area contributed by atoms with Gasteiger partial charge in [-0.15, -0.1) is 0 Å². The Hall–Kier alpha value is -2.67. The smallest absolute Gasteiger partial charge is 0.330 e. The van der Waals surface area contributed by atoms with Gasteiger partial charge in [-0.25, -0.2) is 9.78 Å². The third kappa shape index (κ3) is 3.26. The largest absolute Gasteiger partial charge is 0.467 e. The van der Waals surface area contributed by atoms with E-state index in [-0.39, 0.29) is 5.69 Å². The van der Waals surface area contributed by atoms with Crippen molar-refractivity contribution in [1.82, 2.24) is 14.9 Å². The molecule has 21 heavy (non-hydrogen) atoms. The Labute approximate surface area is 121 Å². The molecular weight excluding hydrogens is 274 g/mol. The summed E-state index contributed by atoms with van der Waals surface area (Å²) >= 11 is 0. The Morgan fingerprint density at radius 2 is 2.10 bits per heavy atom. The van der Waals surface area contributed by atoms with E-state index in [0.717, 1.165) is 5.69 Å². The van der Waals surface area contributed by atoms with Crippen LogP contribution in [0.25, 0.3) is 5.69 Å². The van der Waals surface area contributed by atoms with E-state index in [4.69, 9.17) is 5.11 Å². The number of para-hydroxylation sites is 1. The third-order valence-corrected chi connectivity index (χ3v) is 2.88. The van der Waals surface area contributed by atoms with Gasteiger partial charge < -0.3 is 15.2 Å². The molecule has 1 heterocycles. The number of esters is 1. The molecular formula is C14H15N3O4. The van der Waals surface area contributed by atoms with Crippen molar-refractivity contribution in [3.63, 3.8) is 0 Å². The number of benzene rings is 1. The molecule has 0 saturated carbocycles. The van der Waals surface area contributed by atoms with Crippen LogP contribution in [0.1, 0.15) is 10.5 Å². The van der Waals surface area contributed by atoms with E-state index in [2.05, 4.69) is 15.0 Å². The number of rotatable bonds is 5. The molecule has 0 aliphatic carbocycles. The molecule has 1 aromatic heterocycles. The molecule has 7 nitrogen and oxygen atoms in total. The fraction of sp³-hybridized carbons (Fsp3) is 0.214. The second-order valence-electron chi connectivity index (χ2n) is 4.22. The number of ether oxygens (including phenoxy) is 1. The van der Waals surface area contributed by atoms with Crippen molar-refractivity contribution in [3.8, 4) is 5.69 Å². The molecule has 1 aromatic carbocycles.